The van der Waals surface area contributed by atoms with Crippen LogP contribution in [0.25, 0.3) is 11.0 Å². The number of hydrogen-bond acceptors (Lipinski definition) is 7. The van der Waals surface area contributed by atoms with E-state index in [0.717, 1.165) is 25.3 Å². The van der Waals surface area contributed by atoms with Crippen molar-refractivity contribution in [2.45, 2.75) is 38.3 Å². The third-order valence-electron chi connectivity index (χ3n) is 6.80. The number of halogens is 1. The number of fused-ring (bicyclic) bond motifs is 1. The number of aromatic nitrogens is 2. The highest BCUT2D eigenvalue weighted by atomic mass is 19.1. The maximum Gasteiger partial charge on any atom is 0.341 e. The Kier molecular flexibility index (Phi) is 4.92. The van der Waals surface area contributed by atoms with Crippen LogP contribution >= 0.6 is 0 Å². The van der Waals surface area contributed by atoms with Crippen LogP contribution in [0, 0.1) is 23.6 Å². The van der Waals surface area contributed by atoms with E-state index in [9.17, 15) is 19.5 Å². The van der Waals surface area contributed by atoms with Gasteiger partial charge in [-0.05, 0) is 44.1 Å². The maximum atomic E-state index is 15.1. The van der Waals surface area contributed by atoms with Crippen molar-refractivity contribution in [1.82, 2.24) is 9.55 Å². The molecule has 3 N–H and O–H groups in total. The molecule has 0 radical (unpaired) electrons. The highest BCUT2D eigenvalue weighted by Gasteiger charge is 2.52. The van der Waals surface area contributed by atoms with Crippen molar-refractivity contribution in [2.75, 3.05) is 24.6 Å². The molecule has 3 fully saturated rings. The number of carbonyl (C=O) groups excluding carboxylic acids is 1. The van der Waals surface area contributed by atoms with Crippen LogP contribution in [0.5, 0.6) is 0 Å². The predicted molar refractivity (Wildman–Crippen MR) is 113 cm³/mol. The van der Waals surface area contributed by atoms with Gasteiger partial charge in [0, 0.05) is 31.4 Å². The molecule has 10 heteroatoms. The molecule has 3 heterocycles. The van der Waals surface area contributed by atoms with E-state index in [1.165, 1.54) is 6.20 Å². The lowest BCUT2D eigenvalue weighted by molar-refractivity contribution is -0.145. The number of rotatable bonds is 6. The van der Waals surface area contributed by atoms with Gasteiger partial charge in [0.05, 0.1) is 17.9 Å². The first-order valence-corrected chi connectivity index (χ1v) is 11.0. The molecule has 2 unspecified atom stereocenters. The first-order chi connectivity index (χ1) is 15.3. The van der Waals surface area contributed by atoms with Gasteiger partial charge in [0.15, 0.2) is 11.6 Å². The van der Waals surface area contributed by atoms with Crippen LogP contribution in [0.3, 0.4) is 0 Å². The SMILES string of the molecule is CCOC(=O)C1CC1[C@@H]1CN(c2nc3c(cc2F)c(=O)c(C(=O)O)cn3C2CC2)C[C@H]1N. The molecule has 32 heavy (non-hydrogen) atoms. The van der Waals surface area contributed by atoms with Crippen LogP contribution in [0.4, 0.5) is 10.2 Å². The van der Waals surface area contributed by atoms with Gasteiger partial charge >= 0.3 is 11.9 Å². The zero-order valence-electron chi connectivity index (χ0n) is 17.7. The van der Waals surface area contributed by atoms with Crippen molar-refractivity contribution in [2.24, 2.45) is 23.5 Å². The zero-order chi connectivity index (χ0) is 22.7. The fourth-order valence-corrected chi connectivity index (χ4v) is 4.93. The van der Waals surface area contributed by atoms with E-state index < -0.39 is 17.2 Å². The van der Waals surface area contributed by atoms with Gasteiger partial charge in [-0.3, -0.25) is 9.59 Å². The topological polar surface area (TPSA) is 128 Å². The Labute approximate surface area is 183 Å². The van der Waals surface area contributed by atoms with Gasteiger partial charge in [-0.25, -0.2) is 14.2 Å². The van der Waals surface area contributed by atoms with E-state index in [1.807, 2.05) is 0 Å². The molecular formula is C22H25FN4O5. The zero-order valence-corrected chi connectivity index (χ0v) is 17.7. The molecule has 0 aromatic carbocycles. The molecule has 5 rings (SSSR count). The third-order valence-corrected chi connectivity index (χ3v) is 6.80. The second-order valence-electron chi connectivity index (χ2n) is 8.97. The second-order valence-corrected chi connectivity index (χ2v) is 8.97. The fourth-order valence-electron chi connectivity index (χ4n) is 4.93. The molecule has 3 aliphatic rings. The normalized spacial score (nSPS) is 27.0. The van der Waals surface area contributed by atoms with Crippen molar-refractivity contribution in [1.29, 1.82) is 0 Å². The minimum Gasteiger partial charge on any atom is -0.477 e. The van der Waals surface area contributed by atoms with Gasteiger partial charge in [-0.2, -0.15) is 0 Å². The van der Waals surface area contributed by atoms with E-state index in [2.05, 4.69) is 4.98 Å². The highest BCUT2D eigenvalue weighted by molar-refractivity contribution is 5.92. The number of carboxylic acids is 1. The largest absolute Gasteiger partial charge is 0.477 e. The lowest BCUT2D eigenvalue weighted by atomic mass is 9.97. The lowest BCUT2D eigenvalue weighted by Crippen LogP contribution is -2.31. The molecule has 2 aromatic heterocycles. The molecule has 2 saturated carbocycles. The number of esters is 1. The molecule has 0 spiro atoms. The summed E-state index contributed by atoms with van der Waals surface area (Å²) in [4.78, 5) is 42.4. The van der Waals surface area contributed by atoms with Gasteiger partial charge in [-0.1, -0.05) is 0 Å². The number of nitrogens with two attached hydrogens (primary N) is 1. The summed E-state index contributed by atoms with van der Waals surface area (Å²) in [7, 11) is 0. The van der Waals surface area contributed by atoms with Gasteiger partial charge < -0.3 is 25.0 Å². The van der Waals surface area contributed by atoms with Gasteiger partial charge in [-0.15, -0.1) is 0 Å². The molecule has 1 saturated heterocycles. The molecule has 2 aromatic rings. The van der Waals surface area contributed by atoms with E-state index in [0.29, 0.717) is 19.7 Å². The molecule has 9 nitrogen and oxygen atoms in total. The number of nitrogens with zero attached hydrogens (tertiary/aromatic N) is 3. The van der Waals surface area contributed by atoms with E-state index in [1.54, 1.807) is 16.4 Å². The van der Waals surface area contributed by atoms with Gasteiger partial charge in [0.1, 0.15) is 11.2 Å². The first kappa shape index (κ1) is 20.9. The summed E-state index contributed by atoms with van der Waals surface area (Å²) in [6.07, 6.45) is 3.72. The van der Waals surface area contributed by atoms with Gasteiger partial charge in [0.2, 0.25) is 5.43 Å². The van der Waals surface area contributed by atoms with Crippen molar-refractivity contribution in [3.8, 4) is 0 Å². The van der Waals surface area contributed by atoms with Crippen LogP contribution in [0.2, 0.25) is 0 Å². The summed E-state index contributed by atoms with van der Waals surface area (Å²) in [5, 5.41) is 9.34. The van der Waals surface area contributed by atoms with Crippen LogP contribution in [0.15, 0.2) is 17.1 Å². The monoisotopic (exact) mass is 444 g/mol. The summed E-state index contributed by atoms with van der Waals surface area (Å²) in [5.74, 6) is -2.17. The molecule has 1 aliphatic heterocycles. The predicted octanol–water partition coefficient (Wildman–Crippen LogP) is 1.53. The van der Waals surface area contributed by atoms with Crippen LogP contribution in [-0.2, 0) is 9.53 Å². The smallest absolute Gasteiger partial charge is 0.341 e. The van der Waals surface area contributed by atoms with E-state index in [4.69, 9.17) is 10.5 Å². The Morgan fingerprint density at radius 1 is 1.31 bits per heavy atom. The Morgan fingerprint density at radius 3 is 2.72 bits per heavy atom. The molecule has 2 aliphatic carbocycles. The van der Waals surface area contributed by atoms with Crippen LogP contribution < -0.4 is 16.1 Å². The summed E-state index contributed by atoms with van der Waals surface area (Å²) in [6.45, 7) is 2.95. The number of carboxylic acid groups (broad SMARTS) is 1. The Bertz CT molecular complexity index is 1180. The van der Waals surface area contributed by atoms with E-state index in [-0.39, 0.29) is 58.2 Å². The summed E-state index contributed by atoms with van der Waals surface area (Å²) < 4.78 is 21.9. The maximum absolute atomic E-state index is 15.1. The first-order valence-electron chi connectivity index (χ1n) is 11.0. The number of hydrogen-bond donors (Lipinski definition) is 2. The molecule has 0 bridgehead atoms. The van der Waals surface area contributed by atoms with Gasteiger partial charge in [0.25, 0.3) is 0 Å². The molecule has 170 valence electrons. The van der Waals surface area contributed by atoms with Crippen LogP contribution in [-0.4, -0.2) is 52.3 Å². The average molecular weight is 444 g/mol. The number of carbonyl (C=O) groups is 2. The standard InChI is InChI=1S/C22H25FN4O5/c1-2-32-22(31)12-5-11(12)14-7-26(9-17(14)24)20-16(23)6-13-18(28)15(21(29)30)8-27(10-3-4-10)19(13)25-20/h6,8,10-12,14,17H,2-5,7,9,24H2,1H3,(H,29,30)/t11?,12?,14-,17+/m0/s1. The minimum absolute atomic E-state index is 0.0151. The third kappa shape index (κ3) is 3.42. The number of ether oxygens (including phenoxy) is 1. The number of pyridine rings is 2. The fraction of sp³-hybridized carbons (Fsp3) is 0.545. The molecule has 4 atom stereocenters. The molecular weight excluding hydrogens is 419 g/mol. The highest BCUT2D eigenvalue weighted by Crippen LogP contribution is 2.48. The summed E-state index contributed by atoms with van der Waals surface area (Å²) in [6, 6.07) is 0.895. The second kappa shape index (κ2) is 7.54. The quantitative estimate of drug-likeness (QED) is 0.642. The summed E-state index contributed by atoms with van der Waals surface area (Å²) >= 11 is 0. The Hall–Kier alpha value is -3.01. The van der Waals surface area contributed by atoms with E-state index >= 15 is 4.39 Å². The average Bonchev–Trinajstić information content (AvgIpc) is 3.66. The van der Waals surface area contributed by atoms with Crippen molar-refractivity contribution < 1.29 is 23.8 Å². The van der Waals surface area contributed by atoms with Crippen molar-refractivity contribution in [3.05, 3.63) is 33.9 Å². The lowest BCUT2D eigenvalue weighted by Gasteiger charge is -2.20. The van der Waals surface area contributed by atoms with Crippen molar-refractivity contribution in [3.63, 3.8) is 0 Å². The summed E-state index contributed by atoms with van der Waals surface area (Å²) in [5.41, 5.74) is 5.50. The molecule has 0 amide bonds. The number of aromatic carboxylic acids is 1. The minimum atomic E-state index is -1.34. The van der Waals surface area contributed by atoms with Crippen molar-refractivity contribution >= 4 is 28.8 Å². The van der Waals surface area contributed by atoms with Crippen LogP contribution in [0.1, 0.15) is 42.6 Å². The Balaban J connectivity index is 1.48. The number of anilines is 1. The Morgan fingerprint density at radius 2 is 2.06 bits per heavy atom.